The van der Waals surface area contributed by atoms with Crippen molar-refractivity contribution in [2.75, 3.05) is 18.9 Å². The normalized spacial score (nSPS) is 10.4. The monoisotopic (exact) mass is 284 g/mol. The number of carbonyl (C=O) groups is 1. The maximum absolute atomic E-state index is 11.7. The summed E-state index contributed by atoms with van der Waals surface area (Å²) in [6.45, 7) is 2.78. The van der Waals surface area contributed by atoms with Gasteiger partial charge in [-0.25, -0.2) is 9.97 Å². The predicted molar refractivity (Wildman–Crippen MR) is 84.0 cm³/mol. The van der Waals surface area contributed by atoms with Crippen LogP contribution in [0.1, 0.15) is 18.5 Å². The lowest BCUT2D eigenvalue weighted by Crippen LogP contribution is -2.15. The summed E-state index contributed by atoms with van der Waals surface area (Å²) < 4.78 is 0. The molecule has 21 heavy (non-hydrogen) atoms. The number of nitrogens with zero attached hydrogens (tertiary/aromatic N) is 2. The van der Waals surface area contributed by atoms with Crippen molar-refractivity contribution in [1.82, 2.24) is 15.3 Å². The van der Waals surface area contributed by atoms with Crippen LogP contribution in [0.15, 0.2) is 36.5 Å². The molecular formula is C16H20N4O. The summed E-state index contributed by atoms with van der Waals surface area (Å²) in [5.74, 6) is 0.728. The molecule has 0 aliphatic heterocycles. The Morgan fingerprint density at radius 1 is 1.19 bits per heavy atom. The van der Waals surface area contributed by atoms with E-state index in [0.717, 1.165) is 29.9 Å². The van der Waals surface area contributed by atoms with Crippen LogP contribution in [0.3, 0.4) is 0 Å². The molecule has 0 saturated carbocycles. The van der Waals surface area contributed by atoms with Crippen LogP contribution < -0.4 is 10.6 Å². The van der Waals surface area contributed by atoms with E-state index in [1.807, 2.05) is 44.3 Å². The molecule has 2 N–H and O–H groups in total. The van der Waals surface area contributed by atoms with Crippen LogP contribution in [0.2, 0.25) is 0 Å². The van der Waals surface area contributed by atoms with Crippen molar-refractivity contribution in [3.63, 3.8) is 0 Å². The van der Waals surface area contributed by atoms with Crippen molar-refractivity contribution >= 4 is 11.6 Å². The number of nitrogens with one attached hydrogen (secondary N) is 2. The van der Waals surface area contributed by atoms with Gasteiger partial charge in [-0.2, -0.15) is 0 Å². The Hall–Kier alpha value is -2.27. The van der Waals surface area contributed by atoms with Gasteiger partial charge in [0.15, 0.2) is 5.82 Å². The van der Waals surface area contributed by atoms with E-state index in [1.165, 1.54) is 0 Å². The molecule has 0 radical (unpaired) electrons. The number of amides is 1. The molecule has 1 aromatic heterocycles. The van der Waals surface area contributed by atoms with Gasteiger partial charge in [0.05, 0.1) is 0 Å². The predicted octanol–water partition coefficient (Wildman–Crippen LogP) is 2.39. The molecule has 5 heteroatoms. The second-order valence-electron chi connectivity index (χ2n) is 4.85. The van der Waals surface area contributed by atoms with E-state index in [9.17, 15) is 4.79 Å². The molecule has 0 saturated heterocycles. The summed E-state index contributed by atoms with van der Waals surface area (Å²) >= 11 is 0. The van der Waals surface area contributed by atoms with Crippen LogP contribution in [0, 0.1) is 6.92 Å². The highest BCUT2D eigenvalue weighted by atomic mass is 16.1. The molecule has 0 fully saturated rings. The second kappa shape index (κ2) is 7.50. The van der Waals surface area contributed by atoms with Gasteiger partial charge in [0.2, 0.25) is 5.91 Å². The van der Waals surface area contributed by atoms with E-state index < -0.39 is 0 Å². The third-order valence-electron chi connectivity index (χ3n) is 3.05. The Morgan fingerprint density at radius 2 is 1.95 bits per heavy atom. The van der Waals surface area contributed by atoms with Crippen molar-refractivity contribution in [2.24, 2.45) is 0 Å². The van der Waals surface area contributed by atoms with Crippen molar-refractivity contribution in [3.05, 3.63) is 42.2 Å². The van der Waals surface area contributed by atoms with Crippen LogP contribution in [0.5, 0.6) is 0 Å². The van der Waals surface area contributed by atoms with Gasteiger partial charge >= 0.3 is 0 Å². The maximum Gasteiger partial charge on any atom is 0.224 e. The highest BCUT2D eigenvalue weighted by molar-refractivity contribution is 5.90. The Labute approximate surface area is 124 Å². The third-order valence-corrected chi connectivity index (χ3v) is 3.05. The number of anilines is 1. The van der Waals surface area contributed by atoms with E-state index >= 15 is 0 Å². The minimum atomic E-state index is 0.0322. The standard InChI is InChI=1S/C16H20N4O/c1-12-9-11-18-16(19-12)13-5-7-14(8-6-13)20-15(21)4-3-10-17-2/h5-9,11,17H,3-4,10H2,1-2H3,(H,20,21). The fraction of sp³-hybridized carbons (Fsp3) is 0.312. The van der Waals surface area contributed by atoms with Crippen LogP contribution in [-0.4, -0.2) is 29.5 Å². The minimum absolute atomic E-state index is 0.0322. The maximum atomic E-state index is 11.7. The molecule has 0 atom stereocenters. The molecule has 1 heterocycles. The first kappa shape index (κ1) is 15.1. The molecule has 1 amide bonds. The second-order valence-corrected chi connectivity index (χ2v) is 4.85. The first-order valence-corrected chi connectivity index (χ1v) is 7.03. The summed E-state index contributed by atoms with van der Waals surface area (Å²) in [4.78, 5) is 20.3. The van der Waals surface area contributed by atoms with Gasteiger partial charge in [-0.3, -0.25) is 4.79 Å². The Bertz CT molecular complexity index is 595. The Kier molecular flexibility index (Phi) is 5.40. The molecule has 110 valence electrons. The average molecular weight is 284 g/mol. The van der Waals surface area contributed by atoms with E-state index in [0.29, 0.717) is 12.2 Å². The summed E-state index contributed by atoms with van der Waals surface area (Å²) in [6.07, 6.45) is 3.09. The van der Waals surface area contributed by atoms with E-state index in [1.54, 1.807) is 6.20 Å². The smallest absolute Gasteiger partial charge is 0.224 e. The number of rotatable bonds is 6. The van der Waals surface area contributed by atoms with Crippen molar-refractivity contribution in [3.8, 4) is 11.4 Å². The molecule has 0 aliphatic rings. The molecule has 2 aromatic rings. The summed E-state index contributed by atoms with van der Waals surface area (Å²) in [6, 6.07) is 9.44. The van der Waals surface area contributed by atoms with Crippen molar-refractivity contribution < 1.29 is 4.79 Å². The number of aromatic nitrogens is 2. The van der Waals surface area contributed by atoms with Crippen LogP contribution >= 0.6 is 0 Å². The van der Waals surface area contributed by atoms with Gasteiger partial charge in [-0.15, -0.1) is 0 Å². The topological polar surface area (TPSA) is 66.9 Å². The zero-order chi connectivity index (χ0) is 15.1. The number of aryl methyl sites for hydroxylation is 1. The molecule has 0 unspecified atom stereocenters. The van der Waals surface area contributed by atoms with E-state index in [2.05, 4.69) is 20.6 Å². The third kappa shape index (κ3) is 4.65. The quantitative estimate of drug-likeness (QED) is 0.799. The minimum Gasteiger partial charge on any atom is -0.326 e. The SMILES string of the molecule is CNCCCC(=O)Nc1ccc(-c2nccc(C)n2)cc1. The first-order chi connectivity index (χ1) is 10.2. The number of benzene rings is 1. The van der Waals surface area contributed by atoms with Crippen molar-refractivity contribution in [2.45, 2.75) is 19.8 Å². The fourth-order valence-corrected chi connectivity index (χ4v) is 1.94. The molecule has 5 nitrogen and oxygen atoms in total. The fourth-order valence-electron chi connectivity index (χ4n) is 1.94. The highest BCUT2D eigenvalue weighted by Crippen LogP contribution is 2.18. The molecule has 0 aliphatic carbocycles. The number of carbonyl (C=O) groups excluding carboxylic acids is 1. The largest absolute Gasteiger partial charge is 0.326 e. The van der Waals surface area contributed by atoms with Crippen molar-refractivity contribution in [1.29, 1.82) is 0 Å². The molecule has 0 bridgehead atoms. The van der Waals surface area contributed by atoms with Gasteiger partial charge in [-0.05, 0) is 57.3 Å². The van der Waals surface area contributed by atoms with Gasteiger partial charge in [-0.1, -0.05) is 0 Å². The lowest BCUT2D eigenvalue weighted by molar-refractivity contribution is -0.116. The first-order valence-electron chi connectivity index (χ1n) is 7.03. The Morgan fingerprint density at radius 3 is 2.62 bits per heavy atom. The lowest BCUT2D eigenvalue weighted by Gasteiger charge is -2.06. The molecule has 0 spiro atoms. The zero-order valence-electron chi connectivity index (χ0n) is 12.4. The lowest BCUT2D eigenvalue weighted by atomic mass is 10.2. The Balaban J connectivity index is 1.97. The summed E-state index contributed by atoms with van der Waals surface area (Å²) in [5.41, 5.74) is 2.66. The van der Waals surface area contributed by atoms with E-state index in [-0.39, 0.29) is 5.91 Å². The van der Waals surface area contributed by atoms with Gasteiger partial charge < -0.3 is 10.6 Å². The molecule has 2 rings (SSSR count). The zero-order valence-corrected chi connectivity index (χ0v) is 12.4. The molecular weight excluding hydrogens is 264 g/mol. The number of hydrogen-bond acceptors (Lipinski definition) is 4. The summed E-state index contributed by atoms with van der Waals surface area (Å²) in [7, 11) is 1.88. The van der Waals surface area contributed by atoms with Crippen LogP contribution in [0.25, 0.3) is 11.4 Å². The van der Waals surface area contributed by atoms with Crippen LogP contribution in [0.4, 0.5) is 5.69 Å². The van der Waals surface area contributed by atoms with Gasteiger partial charge in [0.25, 0.3) is 0 Å². The van der Waals surface area contributed by atoms with Gasteiger partial charge in [0, 0.05) is 29.6 Å². The average Bonchev–Trinajstić information content (AvgIpc) is 2.48. The highest BCUT2D eigenvalue weighted by Gasteiger charge is 2.04. The summed E-state index contributed by atoms with van der Waals surface area (Å²) in [5, 5.41) is 5.91. The van der Waals surface area contributed by atoms with Crippen LogP contribution in [-0.2, 0) is 4.79 Å². The van der Waals surface area contributed by atoms with E-state index in [4.69, 9.17) is 0 Å². The molecule has 1 aromatic carbocycles. The van der Waals surface area contributed by atoms with Gasteiger partial charge in [0.1, 0.15) is 0 Å². The number of hydrogen-bond donors (Lipinski definition) is 2.